The average molecular weight is 713 g/mol. The van der Waals surface area contributed by atoms with Crippen molar-refractivity contribution in [3.8, 4) is 12.1 Å². The van der Waals surface area contributed by atoms with E-state index in [0.29, 0.717) is 14.5 Å². The molecule has 0 amide bonds. The monoisotopic (exact) mass is 714 g/mol. The third-order valence-corrected chi connectivity index (χ3v) is 17.9. The first-order valence-electron chi connectivity index (χ1n) is 13.8. The second-order valence-corrected chi connectivity index (χ2v) is 18.8. The van der Waals surface area contributed by atoms with E-state index in [4.69, 9.17) is 0 Å². The molecule has 1 aliphatic rings. The molecule has 3 rings (SSSR count). The Kier molecular flexibility index (Phi) is 16.2. The summed E-state index contributed by atoms with van der Waals surface area (Å²) < 4.78 is 9.71. The van der Waals surface area contributed by atoms with E-state index in [1.807, 2.05) is 29.6 Å². The van der Waals surface area contributed by atoms with Crippen molar-refractivity contribution in [3.63, 3.8) is 0 Å². The number of unbranched alkanes of at least 4 members (excludes halogenated alkanes) is 10. The first-order valence-corrected chi connectivity index (χ1v) is 20.8. The van der Waals surface area contributed by atoms with Gasteiger partial charge in [-0.1, -0.05) is 13.8 Å². The minimum absolute atomic E-state index is 0.0623. The topological polar surface area (TPSA) is 47.6 Å². The third-order valence-electron chi connectivity index (χ3n) is 6.13. The van der Waals surface area contributed by atoms with Crippen molar-refractivity contribution in [3.05, 3.63) is 49.1 Å². The standard InChI is InChI=1S/C30H38N2S4Se2/c1-3-5-7-9-11-13-19-33-29-30(34-20-14-12-10-8-6-4-2)36-28(35-29)27-18-17-26(38-27)25-16-15-24(37-25)23(21-31)22-32/h15-18H,3-14,19-20H2,1-2H3/b26-25-. The molecule has 0 unspecified atom stereocenters. The third kappa shape index (κ3) is 10.7. The fourth-order valence-corrected chi connectivity index (χ4v) is 15.1. The van der Waals surface area contributed by atoms with Gasteiger partial charge in [0.25, 0.3) is 0 Å². The van der Waals surface area contributed by atoms with Gasteiger partial charge in [-0.2, -0.15) is 0 Å². The predicted octanol–water partition coefficient (Wildman–Crippen LogP) is 8.15. The summed E-state index contributed by atoms with van der Waals surface area (Å²) in [7, 11) is 0. The summed E-state index contributed by atoms with van der Waals surface area (Å²) in [6, 6.07) is 12.8. The van der Waals surface area contributed by atoms with Gasteiger partial charge >= 0.3 is 246 Å². The van der Waals surface area contributed by atoms with E-state index in [-0.39, 0.29) is 20.1 Å². The van der Waals surface area contributed by atoms with Gasteiger partial charge in [-0.25, -0.2) is 0 Å². The molecule has 2 nitrogen and oxygen atoms in total. The van der Waals surface area contributed by atoms with Crippen LogP contribution in [0.1, 0.15) is 90.9 Å². The summed E-state index contributed by atoms with van der Waals surface area (Å²) >= 11 is 8.57. The number of thioether (sulfide) groups is 4. The second-order valence-electron chi connectivity index (χ2n) is 9.23. The molecule has 0 fully saturated rings. The summed E-state index contributed by atoms with van der Waals surface area (Å²) in [5.74, 6) is 2.47. The molecule has 8 heteroatoms. The summed E-state index contributed by atoms with van der Waals surface area (Å²) in [6.07, 6.45) is 16.3. The van der Waals surface area contributed by atoms with E-state index in [1.54, 1.807) is 0 Å². The van der Waals surface area contributed by atoms with Crippen LogP contribution in [-0.2, 0) is 0 Å². The molecule has 0 aromatic carbocycles. The summed E-state index contributed by atoms with van der Waals surface area (Å²) in [4.78, 5) is 0. The first-order chi connectivity index (χ1) is 18.7. The maximum atomic E-state index is 9.22. The number of rotatable bonds is 16. The normalized spacial score (nSPS) is 14.2. The Balaban J connectivity index is 1.70. The van der Waals surface area contributed by atoms with Crippen LogP contribution in [0.2, 0.25) is 0 Å². The van der Waals surface area contributed by atoms with Crippen LogP contribution < -0.4 is 8.19 Å². The molecule has 0 saturated carbocycles. The van der Waals surface area contributed by atoms with Gasteiger partial charge in [0.05, 0.1) is 0 Å². The zero-order valence-electron chi connectivity index (χ0n) is 22.6. The molecule has 0 spiro atoms. The van der Waals surface area contributed by atoms with Gasteiger partial charge < -0.3 is 0 Å². The SMILES string of the molecule is CCCCCCCCSC1=C(SCCCCCCCC)SC(=c2cc/c(=c3\ccc(=C(C#N)C#N)[se]3)[se]2)S1. The molecule has 38 heavy (non-hydrogen) atoms. The van der Waals surface area contributed by atoms with Crippen molar-refractivity contribution >= 4 is 85.9 Å². The molecule has 3 heterocycles. The van der Waals surface area contributed by atoms with Gasteiger partial charge in [-0.15, -0.1) is 0 Å². The molecule has 0 radical (unpaired) electrons. The quantitative estimate of drug-likeness (QED) is 0.129. The molecule has 2 aromatic heterocycles. The van der Waals surface area contributed by atoms with Gasteiger partial charge in [0.1, 0.15) is 0 Å². The van der Waals surface area contributed by atoms with Gasteiger partial charge in [-0.05, 0) is 0 Å². The predicted molar refractivity (Wildman–Crippen MR) is 176 cm³/mol. The Morgan fingerprint density at radius 1 is 0.658 bits per heavy atom. The Labute approximate surface area is 258 Å². The number of hydrogen-bond donors (Lipinski definition) is 0. The van der Waals surface area contributed by atoms with Crippen LogP contribution in [0.15, 0.2) is 32.7 Å². The molecule has 0 bridgehead atoms. The zero-order chi connectivity index (χ0) is 27.0. The fourth-order valence-electron chi connectivity index (χ4n) is 3.96. The molecular formula is C30H38N2S4Se2. The zero-order valence-corrected chi connectivity index (χ0v) is 29.2. The maximum absolute atomic E-state index is 9.22. The molecule has 0 aliphatic carbocycles. The molecule has 0 saturated heterocycles. The second kappa shape index (κ2) is 19.1. The average Bonchev–Trinajstić information content (AvgIpc) is 3.68. The van der Waals surface area contributed by atoms with Gasteiger partial charge in [0.15, 0.2) is 0 Å². The van der Waals surface area contributed by atoms with E-state index >= 15 is 0 Å². The van der Waals surface area contributed by atoms with E-state index in [1.165, 1.54) is 114 Å². The summed E-state index contributed by atoms with van der Waals surface area (Å²) in [5, 5.41) is 18.4. The van der Waals surface area contributed by atoms with Crippen LogP contribution in [0.25, 0.3) is 9.81 Å². The molecule has 0 N–H and O–H groups in total. The van der Waals surface area contributed by atoms with Crippen molar-refractivity contribution < 1.29 is 0 Å². The Bertz CT molecular complexity index is 1300. The summed E-state index contributed by atoms with van der Waals surface area (Å²) in [5.41, 5.74) is 0.273. The van der Waals surface area contributed by atoms with Crippen LogP contribution in [0, 0.1) is 30.8 Å². The van der Waals surface area contributed by atoms with Gasteiger partial charge in [0, 0.05) is 0 Å². The van der Waals surface area contributed by atoms with Crippen LogP contribution >= 0.6 is 47.0 Å². The van der Waals surface area contributed by atoms with Crippen LogP contribution in [0.4, 0.5) is 0 Å². The number of nitriles is 2. The number of hydrogen-bond acceptors (Lipinski definition) is 6. The van der Waals surface area contributed by atoms with Gasteiger partial charge in [0.2, 0.25) is 0 Å². The van der Waals surface area contributed by atoms with E-state index in [9.17, 15) is 10.5 Å². The first kappa shape index (κ1) is 32.4. The Morgan fingerprint density at radius 3 is 1.68 bits per heavy atom. The Hall–Kier alpha value is -0.141. The summed E-state index contributed by atoms with van der Waals surface area (Å²) in [6.45, 7) is 4.57. The van der Waals surface area contributed by atoms with Crippen molar-refractivity contribution in [1.82, 2.24) is 0 Å². The number of nitrogens with zero attached hydrogens (tertiary/aromatic N) is 2. The van der Waals surface area contributed by atoms with Crippen LogP contribution in [0.5, 0.6) is 0 Å². The van der Waals surface area contributed by atoms with E-state index in [2.05, 4.69) is 67.7 Å². The molecule has 1 aliphatic heterocycles. The minimum atomic E-state index is 0.0623. The Morgan fingerprint density at radius 2 is 1.13 bits per heavy atom. The molecular weight excluding hydrogens is 675 g/mol. The molecule has 204 valence electrons. The van der Waals surface area contributed by atoms with Crippen LogP contribution in [-0.4, -0.2) is 40.5 Å². The van der Waals surface area contributed by atoms with Crippen molar-refractivity contribution in [2.45, 2.75) is 90.9 Å². The molecule has 0 atom stereocenters. The van der Waals surface area contributed by atoms with Crippen molar-refractivity contribution in [1.29, 1.82) is 10.5 Å². The fraction of sp³-hybridized carbons (Fsp3) is 0.533. The van der Waals surface area contributed by atoms with Gasteiger partial charge in [-0.3, -0.25) is 0 Å². The van der Waals surface area contributed by atoms with Crippen molar-refractivity contribution in [2.75, 3.05) is 11.5 Å². The van der Waals surface area contributed by atoms with E-state index in [0.717, 1.165) is 4.09 Å². The van der Waals surface area contributed by atoms with Crippen LogP contribution in [0.3, 0.4) is 0 Å². The van der Waals surface area contributed by atoms with Crippen molar-refractivity contribution in [2.24, 2.45) is 0 Å². The van der Waals surface area contributed by atoms with E-state index < -0.39 is 0 Å². The molecule has 2 aromatic rings.